The van der Waals surface area contributed by atoms with Crippen molar-refractivity contribution >= 4 is 33.2 Å². The van der Waals surface area contributed by atoms with Gasteiger partial charge in [-0.3, -0.25) is 4.79 Å². The molecule has 0 aliphatic rings. The lowest BCUT2D eigenvalue weighted by atomic mass is 10.1. The Morgan fingerprint density at radius 1 is 1.26 bits per heavy atom. The molecule has 0 heterocycles. The zero-order chi connectivity index (χ0) is 14.0. The summed E-state index contributed by atoms with van der Waals surface area (Å²) in [6.45, 7) is 1.82. The quantitative estimate of drug-likeness (QED) is 0.828. The molecule has 0 saturated heterocycles. The molecular weight excluding hydrogens is 311 g/mol. The highest BCUT2D eigenvalue weighted by molar-refractivity contribution is 9.10. The molecule has 2 rings (SSSR count). The molecule has 2 aromatic carbocycles. The van der Waals surface area contributed by atoms with E-state index in [1.165, 1.54) is 12.1 Å². The van der Waals surface area contributed by atoms with Crippen LogP contribution in [0.5, 0.6) is 0 Å². The van der Waals surface area contributed by atoms with Crippen molar-refractivity contribution in [3.05, 3.63) is 57.8 Å². The van der Waals surface area contributed by atoms with Crippen LogP contribution in [0.25, 0.3) is 0 Å². The van der Waals surface area contributed by atoms with E-state index in [1.807, 2.05) is 6.92 Å². The van der Waals surface area contributed by atoms with Gasteiger partial charge >= 0.3 is 0 Å². The standard InChI is InChI=1S/C14H12BrFN2O/c1-8-6-10(17)3-5-13(8)18-14(19)11-4-2-9(15)7-12(11)16/h2-7H,17H2,1H3,(H,18,19). The SMILES string of the molecule is Cc1cc(N)ccc1NC(=O)c1ccc(Br)cc1F. The van der Waals surface area contributed by atoms with Gasteiger partial charge in [0, 0.05) is 15.8 Å². The zero-order valence-corrected chi connectivity index (χ0v) is 11.8. The predicted molar refractivity (Wildman–Crippen MR) is 77.6 cm³/mol. The number of carbonyl (C=O) groups is 1. The van der Waals surface area contributed by atoms with Crippen LogP contribution in [0.1, 0.15) is 15.9 Å². The molecule has 98 valence electrons. The number of nitrogens with two attached hydrogens (primary N) is 1. The molecule has 0 radical (unpaired) electrons. The molecule has 1 amide bonds. The van der Waals surface area contributed by atoms with Crippen molar-refractivity contribution in [3.8, 4) is 0 Å². The fourth-order valence-corrected chi connectivity index (χ4v) is 2.02. The highest BCUT2D eigenvalue weighted by Crippen LogP contribution is 2.20. The molecule has 0 fully saturated rings. The second-order valence-electron chi connectivity index (χ2n) is 4.15. The van der Waals surface area contributed by atoms with Crippen molar-refractivity contribution in [1.82, 2.24) is 0 Å². The molecule has 2 aromatic rings. The Kier molecular flexibility index (Phi) is 3.85. The van der Waals surface area contributed by atoms with Crippen molar-refractivity contribution in [2.45, 2.75) is 6.92 Å². The topological polar surface area (TPSA) is 55.1 Å². The maximum atomic E-state index is 13.7. The average Bonchev–Trinajstić information content (AvgIpc) is 2.32. The number of anilines is 2. The molecule has 0 spiro atoms. The number of hydrogen-bond donors (Lipinski definition) is 2. The van der Waals surface area contributed by atoms with Gasteiger partial charge in [-0.15, -0.1) is 0 Å². The van der Waals surface area contributed by atoms with Crippen LogP contribution < -0.4 is 11.1 Å². The van der Waals surface area contributed by atoms with Crippen LogP contribution in [-0.4, -0.2) is 5.91 Å². The molecule has 0 aliphatic heterocycles. The summed E-state index contributed by atoms with van der Waals surface area (Å²) in [5.41, 5.74) is 7.69. The maximum absolute atomic E-state index is 13.7. The summed E-state index contributed by atoms with van der Waals surface area (Å²) >= 11 is 3.15. The van der Waals surface area contributed by atoms with E-state index in [0.717, 1.165) is 5.56 Å². The first-order valence-electron chi connectivity index (χ1n) is 5.60. The van der Waals surface area contributed by atoms with Crippen LogP contribution in [0.4, 0.5) is 15.8 Å². The number of halogens is 2. The highest BCUT2D eigenvalue weighted by Gasteiger charge is 2.13. The van der Waals surface area contributed by atoms with E-state index in [1.54, 1.807) is 24.3 Å². The van der Waals surface area contributed by atoms with Crippen LogP contribution in [-0.2, 0) is 0 Å². The lowest BCUT2D eigenvalue weighted by Gasteiger charge is -2.09. The van der Waals surface area contributed by atoms with Gasteiger partial charge in [0.05, 0.1) is 5.56 Å². The summed E-state index contributed by atoms with van der Waals surface area (Å²) in [6.07, 6.45) is 0. The Balaban J connectivity index is 2.25. The minimum atomic E-state index is -0.569. The largest absolute Gasteiger partial charge is 0.399 e. The summed E-state index contributed by atoms with van der Waals surface area (Å²) in [5.74, 6) is -1.06. The van der Waals surface area contributed by atoms with Gasteiger partial charge in [0.25, 0.3) is 5.91 Å². The van der Waals surface area contributed by atoms with Gasteiger partial charge in [-0.05, 0) is 48.9 Å². The van der Waals surface area contributed by atoms with E-state index in [0.29, 0.717) is 15.8 Å². The van der Waals surface area contributed by atoms with Gasteiger partial charge in [0.1, 0.15) is 5.82 Å². The molecular formula is C14H12BrFN2O. The number of nitrogens with one attached hydrogen (secondary N) is 1. The number of aryl methyl sites for hydroxylation is 1. The summed E-state index contributed by atoms with van der Waals surface area (Å²) in [7, 11) is 0. The first kappa shape index (κ1) is 13.5. The third-order valence-corrected chi connectivity index (χ3v) is 3.17. The van der Waals surface area contributed by atoms with Gasteiger partial charge in [-0.2, -0.15) is 0 Å². The Hall–Kier alpha value is -1.88. The molecule has 3 N–H and O–H groups in total. The minimum absolute atomic E-state index is 0.000532. The van der Waals surface area contributed by atoms with Crippen LogP contribution in [0.3, 0.4) is 0 Å². The summed E-state index contributed by atoms with van der Waals surface area (Å²) in [6, 6.07) is 9.42. The Morgan fingerprint density at radius 2 is 2.00 bits per heavy atom. The maximum Gasteiger partial charge on any atom is 0.258 e. The Labute approximate surface area is 118 Å². The smallest absolute Gasteiger partial charge is 0.258 e. The van der Waals surface area contributed by atoms with E-state index in [2.05, 4.69) is 21.2 Å². The fourth-order valence-electron chi connectivity index (χ4n) is 1.69. The number of benzene rings is 2. The number of rotatable bonds is 2. The summed E-state index contributed by atoms with van der Waals surface area (Å²) in [5, 5.41) is 2.66. The molecule has 0 unspecified atom stereocenters. The van der Waals surface area contributed by atoms with Gasteiger partial charge < -0.3 is 11.1 Å². The molecule has 0 bridgehead atoms. The lowest BCUT2D eigenvalue weighted by molar-refractivity contribution is 0.102. The molecule has 0 atom stereocenters. The number of amides is 1. The normalized spacial score (nSPS) is 10.3. The van der Waals surface area contributed by atoms with Gasteiger partial charge in [-0.1, -0.05) is 15.9 Å². The van der Waals surface area contributed by atoms with Crippen molar-refractivity contribution in [3.63, 3.8) is 0 Å². The van der Waals surface area contributed by atoms with Crippen molar-refractivity contribution < 1.29 is 9.18 Å². The second-order valence-corrected chi connectivity index (χ2v) is 5.07. The van der Waals surface area contributed by atoms with Gasteiger partial charge in [0.15, 0.2) is 0 Å². The number of hydrogen-bond acceptors (Lipinski definition) is 2. The predicted octanol–water partition coefficient (Wildman–Crippen LogP) is 3.73. The van der Waals surface area contributed by atoms with Crippen molar-refractivity contribution in [2.24, 2.45) is 0 Å². The third-order valence-electron chi connectivity index (χ3n) is 2.67. The van der Waals surface area contributed by atoms with E-state index in [4.69, 9.17) is 5.73 Å². The third kappa shape index (κ3) is 3.12. The lowest BCUT2D eigenvalue weighted by Crippen LogP contribution is -2.14. The first-order valence-corrected chi connectivity index (χ1v) is 6.39. The second kappa shape index (κ2) is 5.40. The van der Waals surface area contributed by atoms with Crippen LogP contribution in [0.15, 0.2) is 40.9 Å². The Bertz CT molecular complexity index is 643. The van der Waals surface area contributed by atoms with E-state index >= 15 is 0 Å². The molecule has 5 heteroatoms. The van der Waals surface area contributed by atoms with Crippen LogP contribution >= 0.6 is 15.9 Å². The van der Waals surface area contributed by atoms with Gasteiger partial charge in [-0.25, -0.2) is 4.39 Å². The molecule has 0 aromatic heterocycles. The highest BCUT2D eigenvalue weighted by atomic mass is 79.9. The first-order chi connectivity index (χ1) is 8.97. The minimum Gasteiger partial charge on any atom is -0.399 e. The van der Waals surface area contributed by atoms with Crippen molar-refractivity contribution in [2.75, 3.05) is 11.1 Å². The average molecular weight is 323 g/mol. The molecule has 0 saturated carbocycles. The Morgan fingerprint density at radius 3 is 2.63 bits per heavy atom. The molecule has 19 heavy (non-hydrogen) atoms. The van der Waals surface area contributed by atoms with E-state index in [-0.39, 0.29) is 5.56 Å². The molecule has 0 aliphatic carbocycles. The molecule has 3 nitrogen and oxygen atoms in total. The van der Waals surface area contributed by atoms with Crippen molar-refractivity contribution in [1.29, 1.82) is 0 Å². The monoisotopic (exact) mass is 322 g/mol. The van der Waals surface area contributed by atoms with E-state index in [9.17, 15) is 9.18 Å². The van der Waals surface area contributed by atoms with Crippen LogP contribution in [0, 0.1) is 12.7 Å². The summed E-state index contributed by atoms with van der Waals surface area (Å²) < 4.78 is 14.2. The van der Waals surface area contributed by atoms with Crippen LogP contribution in [0.2, 0.25) is 0 Å². The van der Waals surface area contributed by atoms with E-state index < -0.39 is 11.7 Å². The number of nitrogen functional groups attached to an aromatic ring is 1. The fraction of sp³-hybridized carbons (Fsp3) is 0.0714. The van der Waals surface area contributed by atoms with Gasteiger partial charge in [0.2, 0.25) is 0 Å². The zero-order valence-electron chi connectivity index (χ0n) is 10.2. The number of carbonyl (C=O) groups excluding carboxylic acids is 1. The summed E-state index contributed by atoms with van der Waals surface area (Å²) in [4.78, 5) is 12.0.